The Morgan fingerprint density at radius 2 is 1.78 bits per heavy atom. The molecule has 0 aliphatic rings. The molecule has 18 heavy (non-hydrogen) atoms. The van der Waals surface area contributed by atoms with Crippen LogP contribution in [0.5, 0.6) is 0 Å². The van der Waals surface area contributed by atoms with E-state index in [1.54, 1.807) is 0 Å². The second-order valence-electron chi connectivity index (χ2n) is 4.16. The first-order chi connectivity index (χ1) is 8.40. The second kappa shape index (κ2) is 6.39. The average Bonchev–Trinajstić information content (AvgIpc) is 2.25. The summed E-state index contributed by atoms with van der Waals surface area (Å²) in [7, 11) is 0. The van der Waals surface area contributed by atoms with Crippen LogP contribution < -0.4 is 10.6 Å². The van der Waals surface area contributed by atoms with E-state index < -0.39 is 23.4 Å². The van der Waals surface area contributed by atoms with Gasteiger partial charge in [0.2, 0.25) is 5.91 Å². The zero-order chi connectivity index (χ0) is 13.7. The molecule has 2 N–H and O–H groups in total. The van der Waals surface area contributed by atoms with Crippen LogP contribution in [0.3, 0.4) is 0 Å². The van der Waals surface area contributed by atoms with Crippen LogP contribution >= 0.6 is 0 Å². The lowest BCUT2D eigenvalue weighted by Gasteiger charge is -2.09. The predicted octanol–water partition coefficient (Wildman–Crippen LogP) is 2.43. The molecule has 3 nitrogen and oxygen atoms in total. The third-order valence-corrected chi connectivity index (χ3v) is 2.17. The third-order valence-electron chi connectivity index (χ3n) is 2.17. The van der Waals surface area contributed by atoms with Gasteiger partial charge in [0.25, 0.3) is 0 Å². The maximum Gasteiger partial charge on any atom is 0.225 e. The largest absolute Gasteiger partial charge is 0.326 e. The van der Waals surface area contributed by atoms with Crippen molar-refractivity contribution in [2.45, 2.75) is 26.3 Å². The molecular formula is C12H15F3N2O. The van der Waals surface area contributed by atoms with Crippen LogP contribution in [0.15, 0.2) is 12.1 Å². The van der Waals surface area contributed by atoms with E-state index in [0.717, 1.165) is 12.1 Å². The number of amides is 1. The van der Waals surface area contributed by atoms with E-state index in [2.05, 4.69) is 10.6 Å². The lowest BCUT2D eigenvalue weighted by atomic mass is 10.2. The number of carbonyl (C=O) groups excluding carboxylic acids is 1. The van der Waals surface area contributed by atoms with E-state index in [0.29, 0.717) is 6.54 Å². The zero-order valence-electron chi connectivity index (χ0n) is 10.2. The summed E-state index contributed by atoms with van der Waals surface area (Å²) in [5, 5.41) is 5.32. The quantitative estimate of drug-likeness (QED) is 0.798. The van der Waals surface area contributed by atoms with Gasteiger partial charge in [-0.2, -0.15) is 0 Å². The van der Waals surface area contributed by atoms with Crippen LogP contribution in [0.2, 0.25) is 0 Å². The molecule has 0 fully saturated rings. The maximum atomic E-state index is 12.9. The number of rotatable bonds is 5. The Kier molecular flexibility index (Phi) is 5.15. The molecule has 100 valence electrons. The SMILES string of the molecule is CC(C)NCCC(=O)Nc1cc(F)c(F)c(F)c1. The number of hydrogen-bond donors (Lipinski definition) is 2. The van der Waals surface area contributed by atoms with Crippen LogP contribution in [-0.2, 0) is 4.79 Å². The van der Waals surface area contributed by atoms with E-state index in [1.165, 1.54) is 0 Å². The molecule has 1 aromatic carbocycles. The van der Waals surface area contributed by atoms with Crippen molar-refractivity contribution in [3.63, 3.8) is 0 Å². The van der Waals surface area contributed by atoms with Crippen LogP contribution in [0.4, 0.5) is 18.9 Å². The van der Waals surface area contributed by atoms with Gasteiger partial charge in [-0.05, 0) is 0 Å². The number of nitrogens with one attached hydrogen (secondary N) is 2. The average molecular weight is 260 g/mol. The Hall–Kier alpha value is -1.56. The Morgan fingerprint density at radius 1 is 1.22 bits per heavy atom. The second-order valence-corrected chi connectivity index (χ2v) is 4.16. The van der Waals surface area contributed by atoms with E-state index in [4.69, 9.17) is 0 Å². The first-order valence-electron chi connectivity index (χ1n) is 5.58. The van der Waals surface area contributed by atoms with Crippen molar-refractivity contribution in [3.8, 4) is 0 Å². The molecule has 6 heteroatoms. The van der Waals surface area contributed by atoms with Gasteiger partial charge in [0, 0.05) is 36.8 Å². The number of carbonyl (C=O) groups is 1. The minimum atomic E-state index is -1.55. The molecule has 0 spiro atoms. The van der Waals surface area contributed by atoms with Gasteiger partial charge in [0.1, 0.15) is 0 Å². The topological polar surface area (TPSA) is 41.1 Å². The number of benzene rings is 1. The fourth-order valence-corrected chi connectivity index (χ4v) is 1.33. The highest BCUT2D eigenvalue weighted by Gasteiger charge is 2.12. The van der Waals surface area contributed by atoms with Crippen molar-refractivity contribution in [3.05, 3.63) is 29.6 Å². The smallest absolute Gasteiger partial charge is 0.225 e. The molecule has 1 aromatic rings. The summed E-state index contributed by atoms with van der Waals surface area (Å²) in [6.45, 7) is 4.32. The standard InChI is InChI=1S/C12H15F3N2O/c1-7(2)16-4-3-11(18)17-8-5-9(13)12(15)10(14)6-8/h5-7,16H,3-4H2,1-2H3,(H,17,18). The Labute approximate surface area is 103 Å². The monoisotopic (exact) mass is 260 g/mol. The number of anilines is 1. The molecule has 0 aliphatic heterocycles. The fraction of sp³-hybridized carbons (Fsp3) is 0.417. The highest BCUT2D eigenvalue weighted by molar-refractivity contribution is 5.90. The van der Waals surface area contributed by atoms with Gasteiger partial charge in [-0.25, -0.2) is 13.2 Å². The molecule has 0 saturated carbocycles. The van der Waals surface area contributed by atoms with E-state index >= 15 is 0 Å². The van der Waals surface area contributed by atoms with E-state index in [-0.39, 0.29) is 18.2 Å². The highest BCUT2D eigenvalue weighted by atomic mass is 19.2. The molecule has 0 heterocycles. The summed E-state index contributed by atoms with van der Waals surface area (Å²) in [5.41, 5.74) is -0.0963. The zero-order valence-corrected chi connectivity index (χ0v) is 10.2. The van der Waals surface area contributed by atoms with Crippen molar-refractivity contribution in [2.24, 2.45) is 0 Å². The summed E-state index contributed by atoms with van der Waals surface area (Å²) < 4.78 is 38.4. The molecule has 0 atom stereocenters. The molecule has 1 amide bonds. The van der Waals surface area contributed by atoms with Gasteiger partial charge in [0.15, 0.2) is 17.5 Å². The molecule has 0 radical (unpaired) electrons. The summed E-state index contributed by atoms with van der Waals surface area (Å²) in [4.78, 5) is 11.4. The lowest BCUT2D eigenvalue weighted by Crippen LogP contribution is -2.27. The first-order valence-corrected chi connectivity index (χ1v) is 5.58. The van der Waals surface area contributed by atoms with Crippen molar-refractivity contribution in [2.75, 3.05) is 11.9 Å². The van der Waals surface area contributed by atoms with Gasteiger partial charge in [-0.15, -0.1) is 0 Å². The maximum absolute atomic E-state index is 12.9. The van der Waals surface area contributed by atoms with Gasteiger partial charge >= 0.3 is 0 Å². The fourth-order valence-electron chi connectivity index (χ4n) is 1.33. The Morgan fingerprint density at radius 3 is 2.28 bits per heavy atom. The molecule has 0 aliphatic carbocycles. The van der Waals surface area contributed by atoms with Gasteiger partial charge < -0.3 is 10.6 Å². The number of hydrogen-bond acceptors (Lipinski definition) is 2. The summed E-state index contributed by atoms with van der Waals surface area (Å²) >= 11 is 0. The minimum Gasteiger partial charge on any atom is -0.326 e. The predicted molar refractivity (Wildman–Crippen MR) is 62.7 cm³/mol. The van der Waals surface area contributed by atoms with Crippen LogP contribution in [0, 0.1) is 17.5 Å². The normalized spacial score (nSPS) is 10.8. The third kappa shape index (κ3) is 4.37. The van der Waals surface area contributed by atoms with E-state index in [1.807, 2.05) is 13.8 Å². The van der Waals surface area contributed by atoms with E-state index in [9.17, 15) is 18.0 Å². The minimum absolute atomic E-state index is 0.0963. The molecule has 0 saturated heterocycles. The molecule has 0 aromatic heterocycles. The van der Waals surface area contributed by atoms with Crippen molar-refractivity contribution in [1.29, 1.82) is 0 Å². The summed E-state index contributed by atoms with van der Waals surface area (Å²) in [5.74, 6) is -4.60. The molecule has 0 unspecified atom stereocenters. The molecular weight excluding hydrogens is 245 g/mol. The number of halogens is 3. The van der Waals surface area contributed by atoms with Crippen LogP contribution in [0.25, 0.3) is 0 Å². The Balaban J connectivity index is 2.54. The summed E-state index contributed by atoms with van der Waals surface area (Å²) in [6, 6.07) is 1.73. The van der Waals surface area contributed by atoms with Crippen LogP contribution in [-0.4, -0.2) is 18.5 Å². The van der Waals surface area contributed by atoms with Gasteiger partial charge in [0.05, 0.1) is 0 Å². The van der Waals surface area contributed by atoms with Gasteiger partial charge in [-0.3, -0.25) is 4.79 Å². The molecule has 0 bridgehead atoms. The van der Waals surface area contributed by atoms with Crippen molar-refractivity contribution >= 4 is 11.6 Å². The van der Waals surface area contributed by atoms with Crippen molar-refractivity contribution < 1.29 is 18.0 Å². The molecule has 1 rings (SSSR count). The highest BCUT2D eigenvalue weighted by Crippen LogP contribution is 2.17. The first kappa shape index (κ1) is 14.5. The van der Waals surface area contributed by atoms with Crippen molar-refractivity contribution in [1.82, 2.24) is 5.32 Å². The van der Waals surface area contributed by atoms with Crippen LogP contribution in [0.1, 0.15) is 20.3 Å². The Bertz CT molecular complexity index is 412. The lowest BCUT2D eigenvalue weighted by molar-refractivity contribution is -0.116. The summed E-state index contributed by atoms with van der Waals surface area (Å²) in [6.07, 6.45) is 0.165. The van der Waals surface area contributed by atoms with Gasteiger partial charge in [-0.1, -0.05) is 13.8 Å².